The van der Waals surface area contributed by atoms with E-state index in [0.29, 0.717) is 17.6 Å². The normalized spacial score (nSPS) is 19.9. The number of hydrogen-bond acceptors (Lipinski definition) is 3. The molecule has 4 nitrogen and oxygen atoms in total. The Kier molecular flexibility index (Phi) is 7.17. The molecule has 1 aromatic carbocycles. The average molecular weight is 379 g/mol. The van der Waals surface area contributed by atoms with E-state index < -0.39 is 10.0 Å². The lowest BCUT2D eigenvalue weighted by atomic mass is 10.00. The highest BCUT2D eigenvalue weighted by atomic mass is 35.5. The van der Waals surface area contributed by atoms with Crippen molar-refractivity contribution in [1.29, 1.82) is 0 Å². The van der Waals surface area contributed by atoms with E-state index in [1.807, 2.05) is 0 Å². The maximum atomic E-state index is 12.3. The number of sulfonamides is 1. The summed E-state index contributed by atoms with van der Waals surface area (Å²) in [6, 6.07) is 5.09. The zero-order chi connectivity index (χ0) is 16.9. The second kappa shape index (κ2) is 8.67. The molecule has 0 aliphatic carbocycles. The van der Waals surface area contributed by atoms with Crippen molar-refractivity contribution in [2.24, 2.45) is 0 Å². The molecule has 1 heterocycles. The van der Waals surface area contributed by atoms with Crippen molar-refractivity contribution >= 4 is 33.2 Å². The van der Waals surface area contributed by atoms with Crippen LogP contribution in [0.2, 0.25) is 10.0 Å². The average Bonchev–Trinajstić information content (AvgIpc) is 2.54. The van der Waals surface area contributed by atoms with Crippen LogP contribution in [0.4, 0.5) is 0 Å². The molecule has 0 unspecified atom stereocenters. The van der Waals surface area contributed by atoms with E-state index in [4.69, 9.17) is 23.2 Å². The van der Waals surface area contributed by atoms with Gasteiger partial charge in [0.1, 0.15) is 4.90 Å². The molecule has 1 fully saturated rings. The number of rotatable bonds is 7. The summed E-state index contributed by atoms with van der Waals surface area (Å²) in [5.74, 6) is 0. The van der Waals surface area contributed by atoms with Gasteiger partial charge in [0, 0.05) is 17.6 Å². The van der Waals surface area contributed by atoms with Gasteiger partial charge in [-0.1, -0.05) is 36.5 Å². The fourth-order valence-electron chi connectivity index (χ4n) is 3.07. The molecule has 2 rings (SSSR count). The van der Waals surface area contributed by atoms with Crippen LogP contribution in [0.1, 0.15) is 39.0 Å². The summed E-state index contributed by atoms with van der Waals surface area (Å²) in [4.78, 5) is 2.51. The van der Waals surface area contributed by atoms with E-state index in [1.54, 1.807) is 6.07 Å². The Morgan fingerprint density at radius 2 is 2.09 bits per heavy atom. The van der Waals surface area contributed by atoms with Gasteiger partial charge in [-0.25, -0.2) is 13.1 Å². The monoisotopic (exact) mass is 378 g/mol. The Hall–Kier alpha value is -0.330. The molecule has 0 spiro atoms. The number of nitrogens with one attached hydrogen (secondary N) is 1. The number of halogens is 2. The summed E-state index contributed by atoms with van der Waals surface area (Å²) in [6.45, 7) is 4.65. The van der Waals surface area contributed by atoms with Crippen LogP contribution in [0.15, 0.2) is 23.1 Å². The standard InChI is InChI=1S/C16H24Cl2N2O2S/c1-2-14-6-3-4-10-20(14)11-5-9-19-23(21,22)16-12-13(17)7-8-15(16)18/h7-8,12,14,19H,2-6,9-11H2,1H3/t14-/m1/s1. The molecule has 0 saturated carbocycles. The number of likely N-dealkylation sites (tertiary alicyclic amines) is 1. The van der Waals surface area contributed by atoms with Gasteiger partial charge in [-0.2, -0.15) is 0 Å². The highest BCUT2D eigenvalue weighted by molar-refractivity contribution is 7.89. The van der Waals surface area contributed by atoms with E-state index in [-0.39, 0.29) is 9.92 Å². The van der Waals surface area contributed by atoms with Crippen LogP contribution in [-0.2, 0) is 10.0 Å². The van der Waals surface area contributed by atoms with Gasteiger partial charge in [-0.3, -0.25) is 0 Å². The van der Waals surface area contributed by atoms with E-state index in [1.165, 1.54) is 31.4 Å². The molecule has 130 valence electrons. The minimum Gasteiger partial charge on any atom is -0.300 e. The zero-order valence-electron chi connectivity index (χ0n) is 13.4. The predicted octanol–water partition coefficient (Wildman–Crippen LogP) is 3.93. The molecule has 1 saturated heterocycles. The van der Waals surface area contributed by atoms with Crippen molar-refractivity contribution in [2.45, 2.75) is 50.0 Å². The van der Waals surface area contributed by atoms with Crippen LogP contribution in [0, 0.1) is 0 Å². The fraction of sp³-hybridized carbons (Fsp3) is 0.625. The Balaban J connectivity index is 1.86. The van der Waals surface area contributed by atoms with E-state index >= 15 is 0 Å². The summed E-state index contributed by atoms with van der Waals surface area (Å²) in [7, 11) is -3.62. The molecule has 23 heavy (non-hydrogen) atoms. The first-order valence-corrected chi connectivity index (χ1v) is 10.4. The summed E-state index contributed by atoms with van der Waals surface area (Å²) in [5, 5.41) is 0.540. The van der Waals surface area contributed by atoms with Crippen molar-refractivity contribution in [3.05, 3.63) is 28.2 Å². The predicted molar refractivity (Wildman–Crippen MR) is 95.8 cm³/mol. The molecule has 7 heteroatoms. The molecular weight excluding hydrogens is 355 g/mol. The van der Waals surface area contributed by atoms with Gasteiger partial charge >= 0.3 is 0 Å². The smallest absolute Gasteiger partial charge is 0.242 e. The Bertz CT molecular complexity index is 623. The molecule has 0 aromatic heterocycles. The summed E-state index contributed by atoms with van der Waals surface area (Å²) < 4.78 is 27.2. The van der Waals surface area contributed by atoms with Crippen LogP contribution in [-0.4, -0.2) is 39.0 Å². The first-order chi connectivity index (χ1) is 10.9. The molecule has 1 atom stereocenters. The number of piperidine rings is 1. The first-order valence-electron chi connectivity index (χ1n) is 8.13. The Morgan fingerprint density at radius 3 is 2.83 bits per heavy atom. The van der Waals surface area contributed by atoms with Gasteiger partial charge in [0.2, 0.25) is 10.0 Å². The van der Waals surface area contributed by atoms with Gasteiger partial charge in [0.25, 0.3) is 0 Å². The SMILES string of the molecule is CC[C@@H]1CCCCN1CCCNS(=O)(=O)c1cc(Cl)ccc1Cl. The van der Waals surface area contributed by atoms with Crippen LogP contribution in [0.5, 0.6) is 0 Å². The highest BCUT2D eigenvalue weighted by Gasteiger charge is 2.21. The number of hydrogen-bond donors (Lipinski definition) is 1. The van der Waals surface area contributed by atoms with Crippen LogP contribution in [0.25, 0.3) is 0 Å². The molecule has 0 radical (unpaired) electrons. The van der Waals surface area contributed by atoms with E-state index in [9.17, 15) is 8.42 Å². The van der Waals surface area contributed by atoms with Crippen molar-refractivity contribution < 1.29 is 8.42 Å². The summed E-state index contributed by atoms with van der Waals surface area (Å²) in [5.41, 5.74) is 0. The largest absolute Gasteiger partial charge is 0.300 e. The van der Waals surface area contributed by atoms with Crippen LogP contribution >= 0.6 is 23.2 Å². The van der Waals surface area contributed by atoms with Crippen molar-refractivity contribution in [2.75, 3.05) is 19.6 Å². The molecule has 0 bridgehead atoms. The minimum absolute atomic E-state index is 0.0380. The van der Waals surface area contributed by atoms with Crippen molar-refractivity contribution in [3.63, 3.8) is 0 Å². The van der Waals surface area contributed by atoms with Gasteiger partial charge in [0.05, 0.1) is 5.02 Å². The zero-order valence-corrected chi connectivity index (χ0v) is 15.7. The maximum Gasteiger partial charge on any atom is 0.242 e. The lowest BCUT2D eigenvalue weighted by Crippen LogP contribution is -2.40. The molecule has 1 N–H and O–H groups in total. The molecule has 1 aliphatic heterocycles. The second-order valence-corrected chi connectivity index (χ2v) is 8.50. The van der Waals surface area contributed by atoms with Crippen molar-refractivity contribution in [1.82, 2.24) is 9.62 Å². The molecule has 1 aromatic rings. The van der Waals surface area contributed by atoms with Gasteiger partial charge in [0.15, 0.2) is 0 Å². The van der Waals surface area contributed by atoms with Gasteiger partial charge < -0.3 is 4.90 Å². The second-order valence-electron chi connectivity index (χ2n) is 5.92. The maximum absolute atomic E-state index is 12.3. The fourth-order valence-corrected chi connectivity index (χ4v) is 4.90. The number of nitrogens with zero attached hydrogens (tertiary/aromatic N) is 1. The Morgan fingerprint density at radius 1 is 1.30 bits per heavy atom. The Labute approximate surface area is 149 Å². The van der Waals surface area contributed by atoms with Crippen molar-refractivity contribution in [3.8, 4) is 0 Å². The third-order valence-corrected chi connectivity index (χ3v) is 6.49. The van der Waals surface area contributed by atoms with Crippen LogP contribution < -0.4 is 4.72 Å². The molecule has 1 aliphatic rings. The van der Waals surface area contributed by atoms with E-state index in [0.717, 1.165) is 25.9 Å². The number of benzene rings is 1. The van der Waals surface area contributed by atoms with E-state index in [2.05, 4.69) is 16.5 Å². The third kappa shape index (κ3) is 5.33. The summed E-state index contributed by atoms with van der Waals surface area (Å²) in [6.07, 6.45) is 5.73. The molecule has 0 amide bonds. The van der Waals surface area contributed by atoms with Gasteiger partial charge in [-0.15, -0.1) is 0 Å². The summed E-state index contributed by atoms with van der Waals surface area (Å²) >= 11 is 11.8. The quantitative estimate of drug-likeness (QED) is 0.731. The lowest BCUT2D eigenvalue weighted by Gasteiger charge is -2.35. The third-order valence-electron chi connectivity index (χ3n) is 4.32. The van der Waals surface area contributed by atoms with Crippen LogP contribution in [0.3, 0.4) is 0 Å². The molecular formula is C16H24Cl2N2O2S. The minimum atomic E-state index is -3.62. The van der Waals surface area contributed by atoms with Gasteiger partial charge in [-0.05, 0) is 57.0 Å². The lowest BCUT2D eigenvalue weighted by molar-refractivity contribution is 0.143. The highest BCUT2D eigenvalue weighted by Crippen LogP contribution is 2.25. The topological polar surface area (TPSA) is 49.4 Å². The first kappa shape index (κ1) is 19.0.